The Bertz CT molecular complexity index is 448. The Kier molecular flexibility index (Phi) is 4.44. The summed E-state index contributed by atoms with van der Waals surface area (Å²) >= 11 is 0. The maximum atomic E-state index is 13.4. The average Bonchev–Trinajstić information content (AvgIpc) is 2.36. The molecule has 0 radical (unpaired) electrons. The van der Waals surface area contributed by atoms with E-state index in [0.717, 1.165) is 6.07 Å². The van der Waals surface area contributed by atoms with Crippen LogP contribution in [0, 0.1) is 17.5 Å². The van der Waals surface area contributed by atoms with E-state index in [1.807, 2.05) is 0 Å². The molecular formula is C13H16F3NO2. The highest BCUT2D eigenvalue weighted by Crippen LogP contribution is 2.20. The Hall–Kier alpha value is -1.11. The van der Waals surface area contributed by atoms with E-state index in [1.165, 1.54) is 0 Å². The number of hydrogen-bond acceptors (Lipinski definition) is 3. The number of aliphatic hydroxyl groups is 1. The van der Waals surface area contributed by atoms with Crippen LogP contribution in [0.1, 0.15) is 18.4 Å². The normalized spacial score (nSPS) is 18.5. The summed E-state index contributed by atoms with van der Waals surface area (Å²) in [5.74, 6) is -3.09. The number of halogens is 3. The molecule has 19 heavy (non-hydrogen) atoms. The van der Waals surface area contributed by atoms with Crippen LogP contribution in [0.4, 0.5) is 13.2 Å². The number of nitrogens with one attached hydrogen (secondary N) is 1. The van der Waals surface area contributed by atoms with E-state index in [9.17, 15) is 18.3 Å². The van der Waals surface area contributed by atoms with E-state index in [2.05, 4.69) is 5.32 Å². The molecule has 6 heteroatoms. The van der Waals surface area contributed by atoms with Crippen LogP contribution >= 0.6 is 0 Å². The molecule has 0 unspecified atom stereocenters. The van der Waals surface area contributed by atoms with Gasteiger partial charge < -0.3 is 15.2 Å². The average molecular weight is 275 g/mol. The van der Waals surface area contributed by atoms with Gasteiger partial charge in [-0.2, -0.15) is 0 Å². The van der Waals surface area contributed by atoms with Crippen molar-refractivity contribution in [2.24, 2.45) is 0 Å². The van der Waals surface area contributed by atoms with Crippen molar-refractivity contribution in [1.82, 2.24) is 5.32 Å². The molecule has 0 atom stereocenters. The standard InChI is InChI=1S/C13H16F3NO2/c14-10-6-12(16)11(15)5-9(10)7-17-8-13(18)1-3-19-4-2-13/h5-6,17-18H,1-4,7-8H2. The largest absolute Gasteiger partial charge is 0.388 e. The fourth-order valence-corrected chi connectivity index (χ4v) is 2.06. The second-order valence-corrected chi connectivity index (χ2v) is 4.80. The summed E-state index contributed by atoms with van der Waals surface area (Å²) in [6.45, 7) is 1.26. The second kappa shape index (κ2) is 5.90. The minimum atomic E-state index is -1.20. The van der Waals surface area contributed by atoms with Crippen LogP contribution in [0.15, 0.2) is 12.1 Å². The molecule has 0 spiro atoms. The Morgan fingerprint density at radius 1 is 1.11 bits per heavy atom. The molecular weight excluding hydrogens is 259 g/mol. The molecule has 1 saturated heterocycles. The zero-order chi connectivity index (χ0) is 13.9. The molecule has 1 aromatic rings. The molecule has 1 aliphatic heterocycles. The topological polar surface area (TPSA) is 41.5 Å². The third kappa shape index (κ3) is 3.68. The monoisotopic (exact) mass is 275 g/mol. The summed E-state index contributed by atoms with van der Waals surface area (Å²) in [6.07, 6.45) is 1.00. The summed E-state index contributed by atoms with van der Waals surface area (Å²) in [6, 6.07) is 1.35. The van der Waals surface area contributed by atoms with Crippen LogP contribution in [0.5, 0.6) is 0 Å². The highest BCUT2D eigenvalue weighted by molar-refractivity contribution is 5.19. The van der Waals surface area contributed by atoms with Crippen LogP contribution in [0.3, 0.4) is 0 Å². The van der Waals surface area contributed by atoms with Gasteiger partial charge in [-0.15, -0.1) is 0 Å². The van der Waals surface area contributed by atoms with Crippen LogP contribution in [0.25, 0.3) is 0 Å². The highest BCUT2D eigenvalue weighted by atomic mass is 19.2. The van der Waals surface area contributed by atoms with Gasteiger partial charge >= 0.3 is 0 Å². The van der Waals surface area contributed by atoms with Gasteiger partial charge in [0.05, 0.1) is 5.60 Å². The molecule has 0 aromatic heterocycles. The van der Waals surface area contributed by atoms with Crippen LogP contribution in [-0.4, -0.2) is 30.5 Å². The summed E-state index contributed by atoms with van der Waals surface area (Å²) in [5.41, 5.74) is -0.845. The molecule has 1 aliphatic rings. The number of rotatable bonds is 4. The first-order valence-corrected chi connectivity index (χ1v) is 6.14. The summed E-state index contributed by atoms with van der Waals surface area (Å²) in [7, 11) is 0. The van der Waals surface area contributed by atoms with E-state index < -0.39 is 23.1 Å². The molecule has 1 fully saturated rings. The smallest absolute Gasteiger partial charge is 0.161 e. The van der Waals surface area contributed by atoms with E-state index >= 15 is 0 Å². The van der Waals surface area contributed by atoms with Crippen LogP contribution in [0.2, 0.25) is 0 Å². The Morgan fingerprint density at radius 2 is 1.74 bits per heavy atom. The lowest BCUT2D eigenvalue weighted by molar-refractivity contribution is -0.0617. The first-order chi connectivity index (χ1) is 9.00. The third-order valence-electron chi connectivity index (χ3n) is 3.28. The van der Waals surface area contributed by atoms with Crippen LogP contribution in [-0.2, 0) is 11.3 Å². The van der Waals surface area contributed by atoms with Crippen molar-refractivity contribution in [3.8, 4) is 0 Å². The third-order valence-corrected chi connectivity index (χ3v) is 3.28. The van der Waals surface area contributed by atoms with Crippen molar-refractivity contribution in [1.29, 1.82) is 0 Å². The van der Waals surface area contributed by atoms with Gasteiger partial charge in [0.15, 0.2) is 11.6 Å². The van der Waals surface area contributed by atoms with E-state index in [0.29, 0.717) is 32.1 Å². The fourth-order valence-electron chi connectivity index (χ4n) is 2.06. The minimum Gasteiger partial charge on any atom is -0.388 e. The minimum absolute atomic E-state index is 0.0339. The highest BCUT2D eigenvalue weighted by Gasteiger charge is 2.29. The molecule has 1 heterocycles. The Labute approximate surface area is 109 Å². The van der Waals surface area contributed by atoms with Gasteiger partial charge in [0.1, 0.15) is 5.82 Å². The summed E-state index contributed by atoms with van der Waals surface area (Å²) in [4.78, 5) is 0. The number of ether oxygens (including phenoxy) is 1. The van der Waals surface area contributed by atoms with Gasteiger partial charge in [-0.05, 0) is 6.07 Å². The molecule has 1 aromatic carbocycles. The van der Waals surface area contributed by atoms with Gasteiger partial charge in [-0.3, -0.25) is 0 Å². The lowest BCUT2D eigenvalue weighted by Gasteiger charge is -2.32. The van der Waals surface area contributed by atoms with Crippen molar-refractivity contribution >= 4 is 0 Å². The molecule has 3 nitrogen and oxygen atoms in total. The molecule has 0 bridgehead atoms. The number of hydrogen-bond donors (Lipinski definition) is 2. The van der Waals surface area contributed by atoms with Crippen molar-refractivity contribution in [2.45, 2.75) is 25.0 Å². The van der Waals surface area contributed by atoms with Gasteiger partial charge in [0.2, 0.25) is 0 Å². The first kappa shape index (κ1) is 14.3. The number of benzene rings is 1. The van der Waals surface area contributed by atoms with E-state index in [4.69, 9.17) is 4.74 Å². The quantitative estimate of drug-likeness (QED) is 0.822. The predicted molar refractivity (Wildman–Crippen MR) is 63.0 cm³/mol. The zero-order valence-corrected chi connectivity index (χ0v) is 10.4. The Morgan fingerprint density at radius 3 is 2.42 bits per heavy atom. The summed E-state index contributed by atoms with van der Waals surface area (Å²) < 4.78 is 44.2. The SMILES string of the molecule is OC1(CNCc2cc(F)c(F)cc2F)CCOCC1. The maximum absolute atomic E-state index is 13.4. The molecule has 2 N–H and O–H groups in total. The van der Waals surface area contributed by atoms with Gasteiger partial charge in [-0.1, -0.05) is 0 Å². The lowest BCUT2D eigenvalue weighted by atomic mass is 9.94. The van der Waals surface area contributed by atoms with Crippen molar-refractivity contribution < 1.29 is 23.0 Å². The molecule has 106 valence electrons. The van der Waals surface area contributed by atoms with Crippen molar-refractivity contribution in [3.05, 3.63) is 35.1 Å². The van der Waals surface area contributed by atoms with Crippen molar-refractivity contribution in [3.63, 3.8) is 0 Å². The summed E-state index contributed by atoms with van der Waals surface area (Å²) in [5, 5.41) is 13.0. The maximum Gasteiger partial charge on any atom is 0.161 e. The second-order valence-electron chi connectivity index (χ2n) is 4.80. The lowest BCUT2D eigenvalue weighted by Crippen LogP contribution is -2.44. The fraction of sp³-hybridized carbons (Fsp3) is 0.538. The van der Waals surface area contributed by atoms with Crippen LogP contribution < -0.4 is 5.32 Å². The molecule has 0 aliphatic carbocycles. The predicted octanol–water partition coefficient (Wildman–Crippen LogP) is 1.73. The molecule has 0 amide bonds. The van der Waals surface area contributed by atoms with E-state index in [1.54, 1.807) is 0 Å². The zero-order valence-electron chi connectivity index (χ0n) is 10.4. The van der Waals surface area contributed by atoms with Crippen molar-refractivity contribution in [2.75, 3.05) is 19.8 Å². The van der Waals surface area contributed by atoms with Gasteiger partial charge in [0, 0.05) is 50.8 Å². The van der Waals surface area contributed by atoms with E-state index in [-0.39, 0.29) is 18.7 Å². The van der Waals surface area contributed by atoms with Gasteiger partial charge in [0.25, 0.3) is 0 Å². The van der Waals surface area contributed by atoms with Gasteiger partial charge in [-0.25, -0.2) is 13.2 Å². The Balaban J connectivity index is 1.90. The molecule has 0 saturated carbocycles. The first-order valence-electron chi connectivity index (χ1n) is 6.14. The molecule has 2 rings (SSSR count).